The molecule has 0 amide bonds. The fourth-order valence-corrected chi connectivity index (χ4v) is 2.47. The van der Waals surface area contributed by atoms with Crippen molar-refractivity contribution in [3.05, 3.63) is 65.0 Å². The third-order valence-corrected chi connectivity index (χ3v) is 3.56. The van der Waals surface area contributed by atoms with Crippen LogP contribution in [-0.2, 0) is 6.42 Å². The summed E-state index contributed by atoms with van der Waals surface area (Å²) in [6.07, 6.45) is 7.09. The molecule has 0 unspecified atom stereocenters. The van der Waals surface area contributed by atoms with Crippen molar-refractivity contribution in [2.24, 2.45) is 0 Å². The number of rotatable bonds is 2. The van der Waals surface area contributed by atoms with Gasteiger partial charge in [0.1, 0.15) is 5.75 Å². The normalized spacial score (nSPS) is 16.1. The number of pyridine rings is 1. The fourth-order valence-electron chi connectivity index (χ4n) is 2.47. The molecule has 1 heterocycles. The Hall–Kier alpha value is -2.42. The largest absolute Gasteiger partial charge is 0.497 e. The van der Waals surface area contributed by atoms with Crippen LogP contribution in [0.3, 0.4) is 0 Å². The summed E-state index contributed by atoms with van der Waals surface area (Å²) in [5, 5.41) is 0. The number of benzene rings is 1. The van der Waals surface area contributed by atoms with E-state index in [-0.39, 0.29) is 5.78 Å². The van der Waals surface area contributed by atoms with Crippen LogP contribution in [0.2, 0.25) is 0 Å². The maximum absolute atomic E-state index is 12.5. The van der Waals surface area contributed by atoms with Crippen molar-refractivity contribution < 1.29 is 9.53 Å². The minimum Gasteiger partial charge on any atom is -0.497 e. The lowest BCUT2D eigenvalue weighted by atomic mass is 9.86. The van der Waals surface area contributed by atoms with Gasteiger partial charge in [0, 0.05) is 23.5 Å². The van der Waals surface area contributed by atoms with Gasteiger partial charge in [-0.3, -0.25) is 9.78 Å². The molecule has 3 nitrogen and oxygen atoms in total. The predicted molar refractivity (Wildman–Crippen MR) is 77.9 cm³/mol. The molecule has 0 spiro atoms. The average molecular weight is 265 g/mol. The van der Waals surface area contributed by atoms with E-state index in [1.54, 1.807) is 19.5 Å². The standard InChI is InChI=1S/C17H15NO2/c1-20-15-5-4-13-2-3-14(17(19)16(13)11-15)10-12-6-8-18-9-7-12/h4-11H,2-3H2,1H3/b14-10-. The van der Waals surface area contributed by atoms with Crippen molar-refractivity contribution in [3.63, 3.8) is 0 Å². The van der Waals surface area contributed by atoms with Crippen LogP contribution in [0, 0.1) is 0 Å². The van der Waals surface area contributed by atoms with Gasteiger partial charge in [-0.25, -0.2) is 0 Å². The zero-order chi connectivity index (χ0) is 13.9. The summed E-state index contributed by atoms with van der Waals surface area (Å²) in [6, 6.07) is 9.53. The maximum Gasteiger partial charge on any atom is 0.189 e. The van der Waals surface area contributed by atoms with Crippen molar-refractivity contribution in [3.8, 4) is 5.75 Å². The molecule has 2 aromatic rings. The first-order chi connectivity index (χ1) is 9.78. The van der Waals surface area contributed by atoms with Crippen LogP contribution < -0.4 is 4.74 Å². The first-order valence-electron chi connectivity index (χ1n) is 6.60. The van der Waals surface area contributed by atoms with Crippen LogP contribution in [0.25, 0.3) is 6.08 Å². The third kappa shape index (κ3) is 2.35. The number of hydrogen-bond acceptors (Lipinski definition) is 3. The lowest BCUT2D eigenvalue weighted by molar-refractivity contribution is 0.102. The van der Waals surface area contributed by atoms with Crippen molar-refractivity contribution in [2.45, 2.75) is 12.8 Å². The van der Waals surface area contributed by atoms with Gasteiger partial charge in [-0.1, -0.05) is 6.07 Å². The second-order valence-corrected chi connectivity index (χ2v) is 4.80. The summed E-state index contributed by atoms with van der Waals surface area (Å²) < 4.78 is 5.20. The van der Waals surface area contributed by atoms with E-state index in [1.165, 1.54) is 0 Å². The molecule has 0 radical (unpaired) electrons. The van der Waals surface area contributed by atoms with E-state index in [4.69, 9.17) is 4.74 Å². The van der Waals surface area contributed by atoms with E-state index >= 15 is 0 Å². The van der Waals surface area contributed by atoms with Crippen molar-refractivity contribution in [1.29, 1.82) is 0 Å². The molecule has 0 saturated heterocycles. The number of methoxy groups -OCH3 is 1. The molecule has 100 valence electrons. The van der Waals surface area contributed by atoms with Gasteiger partial charge in [-0.2, -0.15) is 0 Å². The minimum atomic E-state index is 0.0990. The number of ether oxygens (including phenoxy) is 1. The van der Waals surface area contributed by atoms with Gasteiger partial charge in [-0.05, 0) is 54.3 Å². The van der Waals surface area contributed by atoms with Crippen molar-refractivity contribution >= 4 is 11.9 Å². The van der Waals surface area contributed by atoms with Crippen LogP contribution in [0.4, 0.5) is 0 Å². The van der Waals surface area contributed by atoms with E-state index in [9.17, 15) is 4.79 Å². The van der Waals surface area contributed by atoms with Gasteiger partial charge in [0.15, 0.2) is 5.78 Å². The lowest BCUT2D eigenvalue weighted by Crippen LogP contribution is -2.14. The third-order valence-electron chi connectivity index (χ3n) is 3.56. The highest BCUT2D eigenvalue weighted by molar-refractivity contribution is 6.13. The highest BCUT2D eigenvalue weighted by Crippen LogP contribution is 2.29. The van der Waals surface area contributed by atoms with Gasteiger partial charge in [0.05, 0.1) is 7.11 Å². The molecule has 0 fully saturated rings. The molecule has 0 aliphatic heterocycles. The quantitative estimate of drug-likeness (QED) is 0.782. The lowest BCUT2D eigenvalue weighted by Gasteiger charge is -2.18. The molecule has 3 heteroatoms. The monoisotopic (exact) mass is 265 g/mol. The van der Waals surface area contributed by atoms with E-state index in [0.29, 0.717) is 0 Å². The summed E-state index contributed by atoms with van der Waals surface area (Å²) in [6.45, 7) is 0. The molecular formula is C17H15NO2. The number of fused-ring (bicyclic) bond motifs is 1. The number of ketones is 1. The smallest absolute Gasteiger partial charge is 0.189 e. The van der Waals surface area contributed by atoms with E-state index < -0.39 is 0 Å². The van der Waals surface area contributed by atoms with E-state index in [0.717, 1.165) is 40.9 Å². The Bertz CT molecular complexity index is 675. The molecule has 0 atom stereocenters. The minimum absolute atomic E-state index is 0.0990. The van der Waals surface area contributed by atoms with Crippen LogP contribution in [0.5, 0.6) is 5.75 Å². The Morgan fingerprint density at radius 2 is 1.95 bits per heavy atom. The summed E-state index contributed by atoms with van der Waals surface area (Å²) in [5.74, 6) is 0.823. The first kappa shape index (κ1) is 12.6. The molecule has 0 saturated carbocycles. The zero-order valence-electron chi connectivity index (χ0n) is 11.3. The van der Waals surface area contributed by atoms with Crippen LogP contribution in [-0.4, -0.2) is 17.9 Å². The molecule has 0 N–H and O–H groups in total. The van der Waals surface area contributed by atoms with Gasteiger partial charge >= 0.3 is 0 Å². The Morgan fingerprint density at radius 3 is 2.70 bits per heavy atom. The van der Waals surface area contributed by atoms with Crippen LogP contribution in [0.15, 0.2) is 48.3 Å². The SMILES string of the molecule is COc1ccc2c(c1)C(=O)/C(=C\c1ccncc1)CC2. The first-order valence-corrected chi connectivity index (χ1v) is 6.60. The Labute approximate surface area is 117 Å². The van der Waals surface area contributed by atoms with Gasteiger partial charge in [-0.15, -0.1) is 0 Å². The molecule has 1 aromatic heterocycles. The van der Waals surface area contributed by atoms with Crippen LogP contribution >= 0.6 is 0 Å². The zero-order valence-corrected chi connectivity index (χ0v) is 11.3. The second-order valence-electron chi connectivity index (χ2n) is 4.80. The van der Waals surface area contributed by atoms with Gasteiger partial charge in [0.25, 0.3) is 0 Å². The van der Waals surface area contributed by atoms with Gasteiger partial charge < -0.3 is 4.74 Å². The summed E-state index contributed by atoms with van der Waals surface area (Å²) >= 11 is 0. The number of aromatic nitrogens is 1. The number of allylic oxidation sites excluding steroid dienone is 1. The summed E-state index contributed by atoms with van der Waals surface area (Å²) in [7, 11) is 1.61. The molecular weight excluding hydrogens is 250 g/mol. The van der Waals surface area contributed by atoms with Crippen molar-refractivity contribution in [2.75, 3.05) is 7.11 Å². The maximum atomic E-state index is 12.5. The van der Waals surface area contributed by atoms with Crippen molar-refractivity contribution in [1.82, 2.24) is 4.98 Å². The number of nitrogens with zero attached hydrogens (tertiary/aromatic N) is 1. The Morgan fingerprint density at radius 1 is 1.15 bits per heavy atom. The molecule has 1 aliphatic rings. The topological polar surface area (TPSA) is 39.2 Å². The highest BCUT2D eigenvalue weighted by Gasteiger charge is 2.22. The number of carbonyl (C=O) groups excluding carboxylic acids is 1. The summed E-state index contributed by atoms with van der Waals surface area (Å²) in [5.41, 5.74) is 3.71. The molecule has 1 aromatic carbocycles. The van der Waals surface area contributed by atoms with Crippen LogP contribution in [0.1, 0.15) is 27.9 Å². The molecule has 3 rings (SSSR count). The fraction of sp³-hybridized carbons (Fsp3) is 0.176. The molecule has 0 bridgehead atoms. The predicted octanol–water partition coefficient (Wildman–Crippen LogP) is 3.30. The number of carbonyl (C=O) groups is 1. The number of hydrogen-bond donors (Lipinski definition) is 0. The van der Waals surface area contributed by atoms with Gasteiger partial charge in [0.2, 0.25) is 0 Å². The van der Waals surface area contributed by atoms with E-state index in [1.807, 2.05) is 36.4 Å². The molecule has 1 aliphatic carbocycles. The second kappa shape index (κ2) is 5.29. The average Bonchev–Trinajstić information content (AvgIpc) is 2.51. The highest BCUT2D eigenvalue weighted by atomic mass is 16.5. The Balaban J connectivity index is 1.98. The van der Waals surface area contributed by atoms with E-state index in [2.05, 4.69) is 4.98 Å². The number of aryl methyl sites for hydroxylation is 1. The summed E-state index contributed by atoms with van der Waals surface area (Å²) in [4.78, 5) is 16.5. The molecule has 20 heavy (non-hydrogen) atoms. The Kier molecular flexibility index (Phi) is 3.33. The number of Topliss-reactive ketones (excluding diaryl/α,β-unsaturated/α-hetero) is 1.